The van der Waals surface area contributed by atoms with E-state index in [0.29, 0.717) is 0 Å². The van der Waals surface area contributed by atoms with E-state index in [1.807, 2.05) is 6.92 Å². The molecule has 2 rings (SSSR count). The molecule has 0 spiro atoms. The van der Waals surface area contributed by atoms with E-state index in [9.17, 15) is 13.6 Å². The number of hydrogen-bond donors (Lipinski definition) is 2. The average molecular weight is 254 g/mol. The average Bonchev–Trinajstić information content (AvgIpc) is 2.35. The molecule has 1 fully saturated rings. The first-order chi connectivity index (χ1) is 8.59. The van der Waals surface area contributed by atoms with E-state index < -0.39 is 17.5 Å². The first kappa shape index (κ1) is 13.0. The van der Waals surface area contributed by atoms with Crippen molar-refractivity contribution in [3.05, 3.63) is 35.4 Å². The van der Waals surface area contributed by atoms with E-state index in [0.717, 1.165) is 25.6 Å². The van der Waals surface area contributed by atoms with E-state index in [1.54, 1.807) is 0 Å². The molecule has 0 bridgehead atoms. The van der Waals surface area contributed by atoms with Gasteiger partial charge in [0.15, 0.2) is 11.6 Å². The van der Waals surface area contributed by atoms with Crippen LogP contribution in [-0.4, -0.2) is 25.0 Å². The molecule has 1 aromatic rings. The molecule has 1 aliphatic heterocycles. The molecule has 3 nitrogen and oxygen atoms in total. The van der Waals surface area contributed by atoms with Crippen LogP contribution in [0.25, 0.3) is 0 Å². The van der Waals surface area contributed by atoms with Gasteiger partial charge in [-0.3, -0.25) is 4.79 Å². The van der Waals surface area contributed by atoms with Crippen molar-refractivity contribution in [2.75, 3.05) is 13.1 Å². The number of halogens is 2. The third-order valence-electron chi connectivity index (χ3n) is 3.30. The molecule has 0 radical (unpaired) electrons. The van der Waals surface area contributed by atoms with Crippen LogP contribution in [0.4, 0.5) is 8.78 Å². The van der Waals surface area contributed by atoms with Crippen LogP contribution in [0.3, 0.4) is 0 Å². The fourth-order valence-corrected chi connectivity index (χ4v) is 2.15. The zero-order valence-electron chi connectivity index (χ0n) is 10.2. The second-order valence-electron chi connectivity index (χ2n) is 4.65. The van der Waals surface area contributed by atoms with Gasteiger partial charge in [-0.1, -0.05) is 13.0 Å². The lowest BCUT2D eigenvalue weighted by molar-refractivity contribution is 0.0909. The van der Waals surface area contributed by atoms with Gasteiger partial charge in [-0.25, -0.2) is 8.78 Å². The van der Waals surface area contributed by atoms with Gasteiger partial charge in [-0.15, -0.1) is 0 Å². The number of rotatable bonds is 2. The summed E-state index contributed by atoms with van der Waals surface area (Å²) >= 11 is 0. The van der Waals surface area contributed by atoms with Crippen molar-refractivity contribution in [3.63, 3.8) is 0 Å². The number of benzene rings is 1. The number of hydrogen-bond acceptors (Lipinski definition) is 2. The first-order valence-corrected chi connectivity index (χ1v) is 6.05. The summed E-state index contributed by atoms with van der Waals surface area (Å²) in [7, 11) is 0. The molecule has 98 valence electrons. The molecule has 2 unspecified atom stereocenters. The largest absolute Gasteiger partial charge is 0.349 e. The minimum absolute atomic E-state index is 0.00131. The van der Waals surface area contributed by atoms with Crippen molar-refractivity contribution < 1.29 is 13.6 Å². The van der Waals surface area contributed by atoms with Crippen LogP contribution in [0, 0.1) is 17.6 Å². The summed E-state index contributed by atoms with van der Waals surface area (Å²) in [5, 5.41) is 5.98. The fourth-order valence-electron chi connectivity index (χ4n) is 2.15. The molecule has 1 saturated heterocycles. The zero-order chi connectivity index (χ0) is 13.1. The van der Waals surface area contributed by atoms with Crippen LogP contribution in [0.5, 0.6) is 0 Å². The lowest BCUT2D eigenvalue weighted by atomic mass is 9.95. The van der Waals surface area contributed by atoms with E-state index >= 15 is 0 Å². The summed E-state index contributed by atoms with van der Waals surface area (Å²) in [6.45, 7) is 3.65. The van der Waals surface area contributed by atoms with Gasteiger partial charge in [0.25, 0.3) is 5.91 Å². The minimum atomic E-state index is -1.09. The summed E-state index contributed by atoms with van der Waals surface area (Å²) < 4.78 is 26.5. The molecular weight excluding hydrogens is 238 g/mol. The molecule has 0 aromatic heterocycles. The van der Waals surface area contributed by atoms with Crippen molar-refractivity contribution >= 4 is 5.91 Å². The second kappa shape index (κ2) is 5.44. The van der Waals surface area contributed by atoms with Gasteiger partial charge >= 0.3 is 0 Å². The molecule has 5 heteroatoms. The standard InChI is InChI=1S/C13H16F2N2O/c1-8-7-16-6-5-11(8)17-13(18)9-3-2-4-10(14)12(9)15/h2-4,8,11,16H,5-7H2,1H3,(H,17,18). The van der Waals surface area contributed by atoms with Gasteiger partial charge in [0.05, 0.1) is 5.56 Å². The summed E-state index contributed by atoms with van der Waals surface area (Å²) in [5.41, 5.74) is -0.235. The predicted molar refractivity (Wildman–Crippen MR) is 64.3 cm³/mol. The molecule has 0 aliphatic carbocycles. The second-order valence-corrected chi connectivity index (χ2v) is 4.65. The summed E-state index contributed by atoms with van der Waals surface area (Å²) in [4.78, 5) is 11.9. The summed E-state index contributed by atoms with van der Waals surface area (Å²) in [6, 6.07) is 3.62. The Morgan fingerprint density at radius 3 is 2.94 bits per heavy atom. The highest BCUT2D eigenvalue weighted by Crippen LogP contribution is 2.14. The highest BCUT2D eigenvalue weighted by molar-refractivity contribution is 5.94. The van der Waals surface area contributed by atoms with E-state index in [-0.39, 0.29) is 17.5 Å². The normalized spacial score (nSPS) is 23.7. The lowest BCUT2D eigenvalue weighted by Crippen LogP contribution is -2.48. The molecule has 1 aliphatic rings. The smallest absolute Gasteiger partial charge is 0.254 e. The maximum Gasteiger partial charge on any atom is 0.254 e. The molecule has 1 aromatic carbocycles. The van der Waals surface area contributed by atoms with Crippen molar-refractivity contribution in [2.24, 2.45) is 5.92 Å². The number of carbonyl (C=O) groups is 1. The number of carbonyl (C=O) groups excluding carboxylic acids is 1. The van der Waals surface area contributed by atoms with Gasteiger partial charge in [0.1, 0.15) is 0 Å². The topological polar surface area (TPSA) is 41.1 Å². The Morgan fingerprint density at radius 1 is 1.44 bits per heavy atom. The Morgan fingerprint density at radius 2 is 2.22 bits per heavy atom. The Labute approximate surface area is 105 Å². The molecule has 18 heavy (non-hydrogen) atoms. The van der Waals surface area contributed by atoms with Gasteiger partial charge in [0, 0.05) is 6.04 Å². The Bertz CT molecular complexity index is 451. The third kappa shape index (κ3) is 2.67. The Hall–Kier alpha value is -1.49. The fraction of sp³-hybridized carbons (Fsp3) is 0.462. The van der Waals surface area contributed by atoms with Crippen LogP contribution >= 0.6 is 0 Å². The quantitative estimate of drug-likeness (QED) is 0.843. The van der Waals surface area contributed by atoms with Crippen molar-refractivity contribution in [3.8, 4) is 0 Å². The van der Waals surface area contributed by atoms with Gasteiger partial charge < -0.3 is 10.6 Å². The highest BCUT2D eigenvalue weighted by Gasteiger charge is 2.24. The van der Waals surface area contributed by atoms with Crippen LogP contribution in [0.1, 0.15) is 23.7 Å². The van der Waals surface area contributed by atoms with Gasteiger partial charge in [-0.05, 0) is 37.6 Å². The van der Waals surface area contributed by atoms with E-state index in [4.69, 9.17) is 0 Å². The third-order valence-corrected chi connectivity index (χ3v) is 3.30. The SMILES string of the molecule is CC1CNCCC1NC(=O)c1cccc(F)c1F. The predicted octanol–water partition coefficient (Wildman–Crippen LogP) is 1.69. The van der Waals surface area contributed by atoms with Gasteiger partial charge in [-0.2, -0.15) is 0 Å². The Balaban J connectivity index is 2.09. The number of nitrogens with one attached hydrogen (secondary N) is 2. The van der Waals surface area contributed by atoms with E-state index in [1.165, 1.54) is 12.1 Å². The van der Waals surface area contributed by atoms with Crippen molar-refractivity contribution in [1.29, 1.82) is 0 Å². The van der Waals surface area contributed by atoms with Crippen LogP contribution in [0.15, 0.2) is 18.2 Å². The zero-order valence-corrected chi connectivity index (χ0v) is 10.2. The van der Waals surface area contributed by atoms with Crippen LogP contribution in [-0.2, 0) is 0 Å². The highest BCUT2D eigenvalue weighted by atomic mass is 19.2. The maximum atomic E-state index is 13.5. The van der Waals surface area contributed by atoms with Crippen molar-refractivity contribution in [2.45, 2.75) is 19.4 Å². The first-order valence-electron chi connectivity index (χ1n) is 6.05. The number of amides is 1. The van der Waals surface area contributed by atoms with Gasteiger partial charge in [0.2, 0.25) is 0 Å². The lowest BCUT2D eigenvalue weighted by Gasteiger charge is -2.30. The molecule has 2 atom stereocenters. The summed E-state index contributed by atoms with van der Waals surface area (Å²) in [6.07, 6.45) is 0.795. The number of piperidine rings is 1. The van der Waals surface area contributed by atoms with E-state index in [2.05, 4.69) is 10.6 Å². The Kier molecular flexibility index (Phi) is 3.91. The van der Waals surface area contributed by atoms with Crippen LogP contribution in [0.2, 0.25) is 0 Å². The maximum absolute atomic E-state index is 13.5. The minimum Gasteiger partial charge on any atom is -0.349 e. The molecular formula is C13H16F2N2O. The molecule has 1 heterocycles. The van der Waals surface area contributed by atoms with Crippen LogP contribution < -0.4 is 10.6 Å². The monoisotopic (exact) mass is 254 g/mol. The molecule has 1 amide bonds. The van der Waals surface area contributed by atoms with Crippen molar-refractivity contribution in [1.82, 2.24) is 10.6 Å². The summed E-state index contributed by atoms with van der Waals surface area (Å²) in [5.74, 6) is -2.36. The molecule has 0 saturated carbocycles. The molecule has 2 N–H and O–H groups in total.